The van der Waals surface area contributed by atoms with Crippen LogP contribution in [0, 0.1) is 12.3 Å². The first-order valence-electron chi connectivity index (χ1n) is 6.07. The Bertz CT molecular complexity index is 334. The highest BCUT2D eigenvalue weighted by molar-refractivity contribution is 5.82. The summed E-state index contributed by atoms with van der Waals surface area (Å²) in [4.78, 5) is 22.1. The molecule has 0 aromatic heterocycles. The quantitative estimate of drug-likeness (QED) is 0.359. The Hall–Kier alpha value is -1.74. The van der Waals surface area contributed by atoms with Gasteiger partial charge in [0, 0.05) is 19.0 Å². The number of carboxylic acid groups (broad SMARTS) is 1. The molecule has 0 saturated heterocycles. The molecule has 0 spiro atoms. The van der Waals surface area contributed by atoms with Crippen LogP contribution in [0.25, 0.3) is 0 Å². The van der Waals surface area contributed by atoms with Gasteiger partial charge in [-0.3, -0.25) is 0 Å². The summed E-state index contributed by atoms with van der Waals surface area (Å²) in [6.07, 6.45) is 8.29. The Morgan fingerprint density at radius 2 is 2.11 bits per heavy atom. The number of carbonyl (C=O) groups excluding carboxylic acids is 1. The molecule has 1 aliphatic rings. The second kappa shape index (κ2) is 7.56. The maximum atomic E-state index is 11.4. The molecule has 1 fully saturated rings. The van der Waals surface area contributed by atoms with Crippen LogP contribution in [-0.2, 0) is 4.79 Å². The number of aliphatic carboxylic acids is 1. The highest BCUT2D eigenvalue weighted by Crippen LogP contribution is 2.18. The molecule has 18 heavy (non-hydrogen) atoms. The van der Waals surface area contributed by atoms with Gasteiger partial charge in [-0.05, 0) is 25.8 Å². The standard InChI is InChI=1S/C12H19N3O3/c1-2-4-10(11(16)17)15-12(18)14-8-3-7-13-9-5-6-9/h1,9-10,13H,3-8H2,(H,16,17)(H2,14,15,18). The number of amides is 2. The van der Waals surface area contributed by atoms with Crippen molar-refractivity contribution in [1.29, 1.82) is 0 Å². The van der Waals surface area contributed by atoms with E-state index in [1.54, 1.807) is 0 Å². The zero-order valence-electron chi connectivity index (χ0n) is 10.2. The molecule has 0 heterocycles. The third kappa shape index (κ3) is 6.11. The van der Waals surface area contributed by atoms with Crippen LogP contribution in [0.1, 0.15) is 25.7 Å². The number of urea groups is 1. The number of hydrogen-bond acceptors (Lipinski definition) is 3. The lowest BCUT2D eigenvalue weighted by atomic mass is 10.2. The molecule has 0 aromatic carbocycles. The lowest BCUT2D eigenvalue weighted by Gasteiger charge is -2.12. The lowest BCUT2D eigenvalue weighted by Crippen LogP contribution is -2.46. The molecule has 1 saturated carbocycles. The largest absolute Gasteiger partial charge is 0.480 e. The smallest absolute Gasteiger partial charge is 0.327 e. The normalized spacial score (nSPS) is 15.5. The minimum atomic E-state index is -1.13. The van der Waals surface area contributed by atoms with Crippen molar-refractivity contribution in [2.45, 2.75) is 37.8 Å². The van der Waals surface area contributed by atoms with E-state index in [2.05, 4.69) is 21.9 Å². The molecule has 4 N–H and O–H groups in total. The molecule has 1 unspecified atom stereocenters. The van der Waals surface area contributed by atoms with Gasteiger partial charge in [-0.15, -0.1) is 12.3 Å². The van der Waals surface area contributed by atoms with Crippen molar-refractivity contribution in [3.8, 4) is 12.3 Å². The fraction of sp³-hybridized carbons (Fsp3) is 0.667. The molecule has 0 aliphatic heterocycles. The molecule has 6 nitrogen and oxygen atoms in total. The SMILES string of the molecule is C#CCC(NC(=O)NCCCNC1CC1)C(=O)O. The highest BCUT2D eigenvalue weighted by Gasteiger charge is 2.20. The number of terminal acetylenes is 1. The van der Waals surface area contributed by atoms with Crippen LogP contribution >= 0.6 is 0 Å². The molecule has 0 aromatic rings. The predicted molar refractivity (Wildman–Crippen MR) is 67.0 cm³/mol. The van der Waals surface area contributed by atoms with Crippen molar-refractivity contribution in [2.24, 2.45) is 0 Å². The molecule has 0 bridgehead atoms. The molecule has 0 radical (unpaired) electrons. The fourth-order valence-electron chi connectivity index (χ4n) is 1.41. The first-order valence-corrected chi connectivity index (χ1v) is 6.07. The topological polar surface area (TPSA) is 90.5 Å². The lowest BCUT2D eigenvalue weighted by molar-refractivity contribution is -0.139. The molecule has 1 aliphatic carbocycles. The van der Waals surface area contributed by atoms with E-state index in [-0.39, 0.29) is 6.42 Å². The van der Waals surface area contributed by atoms with Crippen LogP contribution in [0.2, 0.25) is 0 Å². The Morgan fingerprint density at radius 3 is 2.67 bits per heavy atom. The molecule has 1 atom stereocenters. The van der Waals surface area contributed by atoms with E-state index in [0.29, 0.717) is 12.6 Å². The van der Waals surface area contributed by atoms with Crippen LogP contribution < -0.4 is 16.0 Å². The first-order chi connectivity index (χ1) is 8.63. The van der Waals surface area contributed by atoms with E-state index in [4.69, 9.17) is 11.5 Å². The van der Waals surface area contributed by atoms with Gasteiger partial charge in [0.2, 0.25) is 0 Å². The molecule has 1 rings (SSSR count). The molecular formula is C12H19N3O3. The number of nitrogens with one attached hydrogen (secondary N) is 3. The van der Waals surface area contributed by atoms with Crippen LogP contribution in [-0.4, -0.2) is 42.3 Å². The van der Waals surface area contributed by atoms with Crippen molar-refractivity contribution < 1.29 is 14.7 Å². The number of carbonyl (C=O) groups is 2. The minimum Gasteiger partial charge on any atom is -0.480 e. The van der Waals surface area contributed by atoms with Gasteiger partial charge in [0.1, 0.15) is 6.04 Å². The predicted octanol–water partition coefficient (Wildman–Crippen LogP) is -0.0958. The zero-order valence-corrected chi connectivity index (χ0v) is 10.2. The van der Waals surface area contributed by atoms with Crippen molar-refractivity contribution in [2.75, 3.05) is 13.1 Å². The van der Waals surface area contributed by atoms with Gasteiger partial charge in [-0.25, -0.2) is 9.59 Å². The van der Waals surface area contributed by atoms with Crippen molar-refractivity contribution in [3.05, 3.63) is 0 Å². The first kappa shape index (κ1) is 14.3. The Balaban J connectivity index is 2.07. The van der Waals surface area contributed by atoms with E-state index in [9.17, 15) is 9.59 Å². The molecule has 6 heteroatoms. The van der Waals surface area contributed by atoms with Gasteiger partial charge in [0.15, 0.2) is 0 Å². The van der Waals surface area contributed by atoms with Crippen molar-refractivity contribution in [1.82, 2.24) is 16.0 Å². The minimum absolute atomic E-state index is 0.0218. The Morgan fingerprint density at radius 1 is 1.39 bits per heavy atom. The van der Waals surface area contributed by atoms with E-state index in [1.165, 1.54) is 12.8 Å². The summed E-state index contributed by atoms with van der Waals surface area (Å²) in [5.41, 5.74) is 0. The molecule has 100 valence electrons. The summed E-state index contributed by atoms with van der Waals surface area (Å²) < 4.78 is 0. The zero-order chi connectivity index (χ0) is 13.4. The fourth-order valence-corrected chi connectivity index (χ4v) is 1.41. The third-order valence-corrected chi connectivity index (χ3v) is 2.57. The van der Waals surface area contributed by atoms with Crippen molar-refractivity contribution in [3.63, 3.8) is 0 Å². The molecular weight excluding hydrogens is 234 g/mol. The van der Waals surface area contributed by atoms with Crippen LogP contribution in [0.3, 0.4) is 0 Å². The van der Waals surface area contributed by atoms with Gasteiger partial charge in [-0.1, -0.05) is 0 Å². The van der Waals surface area contributed by atoms with Crippen molar-refractivity contribution >= 4 is 12.0 Å². The maximum Gasteiger partial charge on any atom is 0.327 e. The number of hydrogen-bond donors (Lipinski definition) is 4. The monoisotopic (exact) mass is 253 g/mol. The summed E-state index contributed by atoms with van der Waals surface area (Å²) in [5, 5.41) is 17.0. The highest BCUT2D eigenvalue weighted by atomic mass is 16.4. The van der Waals surface area contributed by atoms with Crippen LogP contribution in [0.15, 0.2) is 0 Å². The molecule has 2 amide bonds. The number of carboxylic acids is 1. The van der Waals surface area contributed by atoms with Gasteiger partial charge < -0.3 is 21.1 Å². The average Bonchev–Trinajstić information content (AvgIpc) is 3.12. The summed E-state index contributed by atoms with van der Waals surface area (Å²) in [6, 6.07) is -0.866. The number of rotatable bonds is 8. The van der Waals surface area contributed by atoms with Gasteiger partial charge in [0.05, 0.1) is 0 Å². The summed E-state index contributed by atoms with van der Waals surface area (Å²) in [6.45, 7) is 1.37. The second-order valence-electron chi connectivity index (χ2n) is 4.28. The Kier molecular flexibility index (Phi) is 6.01. The third-order valence-electron chi connectivity index (χ3n) is 2.57. The summed E-state index contributed by atoms with van der Waals surface area (Å²) in [7, 11) is 0. The van der Waals surface area contributed by atoms with E-state index in [1.807, 2.05) is 0 Å². The summed E-state index contributed by atoms with van der Waals surface area (Å²) in [5.74, 6) is 1.09. The van der Waals surface area contributed by atoms with E-state index in [0.717, 1.165) is 13.0 Å². The van der Waals surface area contributed by atoms with E-state index < -0.39 is 18.0 Å². The van der Waals surface area contributed by atoms with Gasteiger partial charge in [-0.2, -0.15) is 0 Å². The maximum absolute atomic E-state index is 11.4. The average molecular weight is 253 g/mol. The van der Waals surface area contributed by atoms with Crippen LogP contribution in [0.4, 0.5) is 4.79 Å². The van der Waals surface area contributed by atoms with E-state index >= 15 is 0 Å². The van der Waals surface area contributed by atoms with Gasteiger partial charge >= 0.3 is 12.0 Å². The Labute approximate surface area is 107 Å². The van der Waals surface area contributed by atoms with Crippen LogP contribution in [0.5, 0.6) is 0 Å². The van der Waals surface area contributed by atoms with Gasteiger partial charge in [0.25, 0.3) is 0 Å². The second-order valence-corrected chi connectivity index (χ2v) is 4.28. The summed E-state index contributed by atoms with van der Waals surface area (Å²) >= 11 is 0.